The van der Waals surface area contributed by atoms with Crippen LogP contribution in [0.1, 0.15) is 44.5 Å². The summed E-state index contributed by atoms with van der Waals surface area (Å²) in [6.45, 7) is 0. The Morgan fingerprint density at radius 3 is 1.31 bits per heavy atom. The largest absolute Gasteiger partial charge is 0.449 e. The maximum atomic E-state index is 6.81. The van der Waals surface area contributed by atoms with E-state index in [1.54, 1.807) is 0 Å². The zero-order valence-corrected chi connectivity index (χ0v) is 38.7. The standard InChI is InChI=1S/C68H45NO2/c1-5-19-46(20-6-1)47-33-37-52(38-34-47)69(54-41-42-60-57(45-54)55-27-13-15-29-58(55)67(60,48-21-7-2-8-22-48)49-23-9-3-10-24-49)53-39-35-51(36-40-53)68(50-25-11-4-12-26-50)59-30-16-14-28-56(59)65-61(68)43-44-64-66(65)71-63-32-18-17-31-62(63)70-64/h1-45H. The molecule has 0 amide bonds. The minimum absolute atomic E-state index is 0.490. The molecule has 1 atom stereocenters. The first-order chi connectivity index (χ1) is 35.2. The van der Waals surface area contributed by atoms with Crippen LogP contribution in [0.25, 0.3) is 33.4 Å². The number of fused-ring (bicyclic) bond motifs is 9. The Labute approximate surface area is 414 Å². The molecular formula is C68H45NO2. The van der Waals surface area contributed by atoms with Crippen molar-refractivity contribution < 1.29 is 9.47 Å². The normalized spacial score (nSPS) is 15.2. The number of benzene rings is 11. The monoisotopic (exact) mass is 907 g/mol. The van der Waals surface area contributed by atoms with E-state index in [0.29, 0.717) is 11.5 Å². The van der Waals surface area contributed by atoms with Crippen LogP contribution in [0.4, 0.5) is 17.1 Å². The van der Waals surface area contributed by atoms with Crippen LogP contribution in [0, 0.1) is 0 Å². The first-order valence-corrected chi connectivity index (χ1v) is 24.4. The Bertz CT molecular complexity index is 3760. The predicted octanol–water partition coefficient (Wildman–Crippen LogP) is 17.4. The van der Waals surface area contributed by atoms with Gasteiger partial charge in [-0.1, -0.05) is 218 Å². The molecule has 0 N–H and O–H groups in total. The van der Waals surface area contributed by atoms with Gasteiger partial charge in [0.05, 0.1) is 10.8 Å². The summed E-state index contributed by atoms with van der Waals surface area (Å²) in [7, 11) is 0. The molecule has 0 spiro atoms. The van der Waals surface area contributed by atoms with Crippen LogP contribution in [0.5, 0.6) is 23.0 Å². The second-order valence-corrected chi connectivity index (χ2v) is 18.7. The second kappa shape index (κ2) is 16.2. The third-order valence-corrected chi connectivity index (χ3v) is 15.1. The van der Waals surface area contributed by atoms with Gasteiger partial charge in [-0.15, -0.1) is 0 Å². The number of ether oxygens (including phenoxy) is 2. The summed E-state index contributed by atoms with van der Waals surface area (Å²) in [5, 5.41) is 0. The maximum absolute atomic E-state index is 6.81. The lowest BCUT2D eigenvalue weighted by atomic mass is 9.67. The fourth-order valence-electron chi connectivity index (χ4n) is 12.1. The highest BCUT2D eigenvalue weighted by atomic mass is 16.6. The van der Waals surface area contributed by atoms with E-state index in [9.17, 15) is 0 Å². The Morgan fingerprint density at radius 2 is 0.690 bits per heavy atom. The molecule has 0 aromatic heterocycles. The van der Waals surface area contributed by atoms with E-state index < -0.39 is 10.8 Å². The van der Waals surface area contributed by atoms with E-state index in [-0.39, 0.29) is 0 Å². The minimum atomic E-state index is -0.654. The van der Waals surface area contributed by atoms with Crippen molar-refractivity contribution in [1.82, 2.24) is 0 Å². The molecule has 0 fully saturated rings. The molecule has 334 valence electrons. The van der Waals surface area contributed by atoms with E-state index >= 15 is 0 Å². The predicted molar refractivity (Wildman–Crippen MR) is 288 cm³/mol. The van der Waals surface area contributed by atoms with Crippen LogP contribution >= 0.6 is 0 Å². The lowest BCUT2D eigenvalue weighted by Gasteiger charge is -2.35. The summed E-state index contributed by atoms with van der Waals surface area (Å²) in [5.41, 5.74) is 18.9. The summed E-state index contributed by atoms with van der Waals surface area (Å²) >= 11 is 0. The molecule has 71 heavy (non-hydrogen) atoms. The summed E-state index contributed by atoms with van der Waals surface area (Å²) < 4.78 is 13.3. The number of hydrogen-bond donors (Lipinski definition) is 0. The SMILES string of the molecule is c1ccc(-c2ccc(N(c3ccc(C4(c5ccccc5)c5ccccc5-c5c4ccc4c5Oc5ccccc5O4)cc3)c3ccc4c(c3)-c3ccccc3C4(c3ccccc3)c3ccccc3)cc2)cc1. The highest BCUT2D eigenvalue weighted by Crippen LogP contribution is 2.63. The maximum Gasteiger partial charge on any atom is 0.178 e. The highest BCUT2D eigenvalue weighted by Gasteiger charge is 2.49. The fourth-order valence-corrected chi connectivity index (χ4v) is 12.1. The molecule has 3 nitrogen and oxygen atoms in total. The van der Waals surface area contributed by atoms with E-state index in [2.05, 4.69) is 254 Å². The smallest absolute Gasteiger partial charge is 0.178 e. The zero-order chi connectivity index (χ0) is 46.9. The van der Waals surface area contributed by atoms with Crippen molar-refractivity contribution in [3.8, 4) is 56.4 Å². The Morgan fingerprint density at radius 1 is 0.268 bits per heavy atom. The Kier molecular flexibility index (Phi) is 9.33. The van der Waals surface area contributed by atoms with Gasteiger partial charge in [0.25, 0.3) is 0 Å². The van der Waals surface area contributed by atoms with E-state index in [4.69, 9.17) is 9.47 Å². The summed E-state index contributed by atoms with van der Waals surface area (Å²) in [4.78, 5) is 2.41. The summed E-state index contributed by atoms with van der Waals surface area (Å²) in [6.07, 6.45) is 0. The molecule has 1 aliphatic heterocycles. The number of nitrogens with zero attached hydrogens (tertiary/aromatic N) is 1. The quantitative estimate of drug-likeness (QED) is 0.152. The molecule has 14 rings (SSSR count). The van der Waals surface area contributed by atoms with E-state index in [1.807, 2.05) is 24.3 Å². The third-order valence-electron chi connectivity index (χ3n) is 15.1. The lowest BCUT2D eigenvalue weighted by molar-refractivity contribution is 0.360. The number of anilines is 3. The number of rotatable bonds is 8. The van der Waals surface area contributed by atoms with Gasteiger partial charge >= 0.3 is 0 Å². The molecule has 2 aliphatic carbocycles. The van der Waals surface area contributed by atoms with Gasteiger partial charge in [0.15, 0.2) is 23.0 Å². The van der Waals surface area contributed by atoms with Gasteiger partial charge in [-0.05, 0) is 127 Å². The van der Waals surface area contributed by atoms with Crippen molar-refractivity contribution in [2.45, 2.75) is 10.8 Å². The van der Waals surface area contributed by atoms with Crippen molar-refractivity contribution in [2.75, 3.05) is 4.90 Å². The van der Waals surface area contributed by atoms with Crippen molar-refractivity contribution in [2.24, 2.45) is 0 Å². The van der Waals surface area contributed by atoms with Crippen LogP contribution in [0.15, 0.2) is 273 Å². The second-order valence-electron chi connectivity index (χ2n) is 18.7. The van der Waals surface area contributed by atoms with Crippen molar-refractivity contribution in [3.05, 3.63) is 317 Å². The number of hydrogen-bond acceptors (Lipinski definition) is 3. The van der Waals surface area contributed by atoms with Gasteiger partial charge in [-0.25, -0.2) is 0 Å². The minimum Gasteiger partial charge on any atom is -0.449 e. The van der Waals surface area contributed by atoms with Crippen LogP contribution in [0.2, 0.25) is 0 Å². The van der Waals surface area contributed by atoms with Gasteiger partial charge in [0, 0.05) is 22.6 Å². The molecule has 11 aromatic rings. The molecule has 0 saturated heterocycles. The lowest BCUT2D eigenvalue weighted by Crippen LogP contribution is -2.28. The van der Waals surface area contributed by atoms with Gasteiger partial charge < -0.3 is 14.4 Å². The molecule has 1 unspecified atom stereocenters. The zero-order valence-electron chi connectivity index (χ0n) is 38.7. The van der Waals surface area contributed by atoms with Gasteiger partial charge in [0.1, 0.15) is 0 Å². The average Bonchev–Trinajstić information content (AvgIpc) is 3.94. The van der Waals surface area contributed by atoms with E-state index in [0.717, 1.165) is 50.8 Å². The van der Waals surface area contributed by atoms with Gasteiger partial charge in [-0.2, -0.15) is 0 Å². The Hall–Kier alpha value is -9.18. The van der Waals surface area contributed by atoms with Gasteiger partial charge in [-0.3, -0.25) is 0 Å². The van der Waals surface area contributed by atoms with Crippen molar-refractivity contribution in [1.29, 1.82) is 0 Å². The highest BCUT2D eigenvalue weighted by molar-refractivity contribution is 5.93. The Balaban J connectivity index is 0.959. The molecule has 3 aliphatic rings. The van der Waals surface area contributed by atoms with Crippen LogP contribution in [-0.2, 0) is 10.8 Å². The molecule has 0 bridgehead atoms. The first-order valence-electron chi connectivity index (χ1n) is 24.4. The van der Waals surface area contributed by atoms with E-state index in [1.165, 1.54) is 55.6 Å². The molecule has 0 radical (unpaired) electrons. The van der Waals surface area contributed by atoms with Crippen LogP contribution < -0.4 is 14.4 Å². The fraction of sp³-hybridized carbons (Fsp3) is 0.0294. The average molecular weight is 908 g/mol. The van der Waals surface area contributed by atoms with Crippen LogP contribution in [-0.4, -0.2) is 0 Å². The van der Waals surface area contributed by atoms with Crippen molar-refractivity contribution in [3.63, 3.8) is 0 Å². The topological polar surface area (TPSA) is 21.7 Å². The molecule has 0 saturated carbocycles. The molecule has 3 heteroatoms. The summed E-state index contributed by atoms with van der Waals surface area (Å²) in [5.74, 6) is 2.89. The van der Waals surface area contributed by atoms with Crippen LogP contribution in [0.3, 0.4) is 0 Å². The third kappa shape index (κ3) is 6.09. The van der Waals surface area contributed by atoms with Gasteiger partial charge in [0.2, 0.25) is 0 Å². The molecule has 1 heterocycles. The van der Waals surface area contributed by atoms with Crippen molar-refractivity contribution >= 4 is 17.1 Å². The number of para-hydroxylation sites is 2. The molecule has 11 aromatic carbocycles. The first kappa shape index (κ1) is 40.8. The summed E-state index contributed by atoms with van der Waals surface area (Å²) in [6, 6.07) is 99.0. The molecular weight excluding hydrogens is 863 g/mol.